The number of hydrogen-bond donors (Lipinski definition) is 1. The number of amides is 1. The number of aryl methyl sites for hydroxylation is 1. The molecular formula is C21H24N2O7S2. The van der Waals surface area contributed by atoms with Crippen LogP contribution in [-0.4, -0.2) is 63.3 Å². The summed E-state index contributed by atoms with van der Waals surface area (Å²) in [5.41, 5.74) is 0.827. The van der Waals surface area contributed by atoms with E-state index in [1.54, 1.807) is 30.5 Å². The van der Waals surface area contributed by atoms with Crippen molar-refractivity contribution in [3.63, 3.8) is 0 Å². The Balaban J connectivity index is 1.58. The number of Topliss-reactive ketones (excluding diaryl/α,β-unsaturated/α-hetero) is 1. The van der Waals surface area contributed by atoms with Gasteiger partial charge in [0.05, 0.1) is 30.2 Å². The Bertz CT molecular complexity index is 1080. The van der Waals surface area contributed by atoms with Gasteiger partial charge in [-0.2, -0.15) is 4.31 Å². The molecule has 2 aromatic rings. The van der Waals surface area contributed by atoms with Crippen molar-refractivity contribution in [2.24, 2.45) is 0 Å². The van der Waals surface area contributed by atoms with Gasteiger partial charge in [-0.25, -0.2) is 8.42 Å². The number of ether oxygens (including phenoxy) is 2. The van der Waals surface area contributed by atoms with Gasteiger partial charge in [-0.3, -0.25) is 14.4 Å². The van der Waals surface area contributed by atoms with Crippen LogP contribution < -0.4 is 5.32 Å². The Morgan fingerprint density at radius 2 is 1.91 bits per heavy atom. The number of carbonyl (C=O) groups is 3. The van der Waals surface area contributed by atoms with E-state index in [4.69, 9.17) is 9.47 Å². The number of morpholine rings is 1. The number of esters is 1. The number of nitrogens with zero attached hydrogens (tertiary/aromatic N) is 1. The Kier molecular flexibility index (Phi) is 8.13. The summed E-state index contributed by atoms with van der Waals surface area (Å²) in [6.45, 7) is 2.23. The molecule has 1 aliphatic heterocycles. The fraction of sp³-hybridized carbons (Fsp3) is 0.381. The predicted octanol–water partition coefficient (Wildman–Crippen LogP) is 2.22. The topological polar surface area (TPSA) is 119 Å². The SMILES string of the molecule is Cc1ccc(NC(=O)COC(=O)CCC(=O)c2cccs2)c(S(=O)(=O)N2CCOCC2)c1. The fourth-order valence-corrected chi connectivity index (χ4v) is 5.39. The maximum atomic E-state index is 13.1. The second-order valence-electron chi connectivity index (χ2n) is 7.13. The van der Waals surface area contributed by atoms with Crippen LogP contribution in [0.25, 0.3) is 0 Å². The minimum Gasteiger partial charge on any atom is -0.456 e. The van der Waals surface area contributed by atoms with Crippen LogP contribution in [0.5, 0.6) is 0 Å². The second kappa shape index (κ2) is 10.8. The molecule has 1 fully saturated rings. The molecular weight excluding hydrogens is 456 g/mol. The lowest BCUT2D eigenvalue weighted by molar-refractivity contribution is -0.147. The molecule has 2 heterocycles. The molecule has 1 aliphatic rings. The van der Waals surface area contributed by atoms with Gasteiger partial charge in [0.25, 0.3) is 5.91 Å². The van der Waals surface area contributed by atoms with Crippen LogP contribution in [0.3, 0.4) is 0 Å². The lowest BCUT2D eigenvalue weighted by Crippen LogP contribution is -2.41. The van der Waals surface area contributed by atoms with Crippen LogP contribution >= 0.6 is 11.3 Å². The molecule has 9 nitrogen and oxygen atoms in total. The number of rotatable bonds is 9. The van der Waals surface area contributed by atoms with Gasteiger partial charge in [-0.1, -0.05) is 12.1 Å². The molecule has 1 aromatic carbocycles. The molecule has 0 spiro atoms. The maximum Gasteiger partial charge on any atom is 0.306 e. The molecule has 1 amide bonds. The molecule has 32 heavy (non-hydrogen) atoms. The van der Waals surface area contributed by atoms with E-state index in [9.17, 15) is 22.8 Å². The zero-order valence-corrected chi connectivity index (χ0v) is 19.2. The molecule has 0 aliphatic carbocycles. The van der Waals surface area contributed by atoms with E-state index in [1.807, 2.05) is 0 Å². The van der Waals surface area contributed by atoms with Gasteiger partial charge in [-0.15, -0.1) is 11.3 Å². The van der Waals surface area contributed by atoms with Crippen molar-refractivity contribution in [1.29, 1.82) is 0 Å². The van der Waals surface area contributed by atoms with Gasteiger partial charge in [-0.05, 0) is 36.1 Å². The van der Waals surface area contributed by atoms with Gasteiger partial charge >= 0.3 is 5.97 Å². The Labute approximate surface area is 190 Å². The van der Waals surface area contributed by atoms with Crippen molar-refractivity contribution in [2.45, 2.75) is 24.7 Å². The van der Waals surface area contributed by atoms with Crippen LogP contribution in [0.15, 0.2) is 40.6 Å². The van der Waals surface area contributed by atoms with Crippen LogP contribution in [0.2, 0.25) is 0 Å². The smallest absolute Gasteiger partial charge is 0.306 e. The molecule has 3 rings (SSSR count). The number of sulfonamides is 1. The maximum absolute atomic E-state index is 13.1. The Hall–Kier alpha value is -2.60. The van der Waals surface area contributed by atoms with E-state index in [1.165, 1.54) is 27.8 Å². The summed E-state index contributed by atoms with van der Waals surface area (Å²) >= 11 is 1.29. The summed E-state index contributed by atoms with van der Waals surface area (Å²) in [6, 6.07) is 8.09. The third kappa shape index (κ3) is 6.22. The third-order valence-electron chi connectivity index (χ3n) is 4.72. The number of thiophene rings is 1. The van der Waals surface area contributed by atoms with Gasteiger partial charge in [0.1, 0.15) is 4.90 Å². The second-order valence-corrected chi connectivity index (χ2v) is 9.98. The van der Waals surface area contributed by atoms with E-state index >= 15 is 0 Å². The van der Waals surface area contributed by atoms with Crippen molar-refractivity contribution >= 4 is 44.7 Å². The van der Waals surface area contributed by atoms with E-state index in [2.05, 4.69) is 5.32 Å². The molecule has 1 N–H and O–H groups in total. The highest BCUT2D eigenvalue weighted by Crippen LogP contribution is 2.26. The first-order chi connectivity index (χ1) is 15.3. The highest BCUT2D eigenvalue weighted by molar-refractivity contribution is 7.89. The van der Waals surface area contributed by atoms with E-state index in [-0.39, 0.29) is 42.3 Å². The van der Waals surface area contributed by atoms with Crippen LogP contribution in [0.1, 0.15) is 28.1 Å². The first kappa shape index (κ1) is 24.1. The molecule has 0 unspecified atom stereocenters. The summed E-state index contributed by atoms with van der Waals surface area (Å²) in [5.74, 6) is -1.53. The number of ketones is 1. The molecule has 0 saturated carbocycles. The number of nitrogens with one attached hydrogen (secondary N) is 1. The van der Waals surface area contributed by atoms with Crippen molar-refractivity contribution in [2.75, 3.05) is 38.2 Å². The monoisotopic (exact) mass is 480 g/mol. The van der Waals surface area contributed by atoms with Gasteiger partial charge in [0.2, 0.25) is 10.0 Å². The lowest BCUT2D eigenvalue weighted by atomic mass is 10.2. The zero-order valence-electron chi connectivity index (χ0n) is 17.5. The number of hydrogen-bond acceptors (Lipinski definition) is 8. The molecule has 0 atom stereocenters. The average Bonchev–Trinajstić information content (AvgIpc) is 3.33. The van der Waals surface area contributed by atoms with Crippen molar-refractivity contribution in [3.05, 3.63) is 46.2 Å². The molecule has 1 saturated heterocycles. The number of anilines is 1. The van der Waals surface area contributed by atoms with Crippen LogP contribution in [0.4, 0.5) is 5.69 Å². The van der Waals surface area contributed by atoms with E-state index < -0.39 is 28.5 Å². The van der Waals surface area contributed by atoms with Crippen molar-refractivity contribution < 1.29 is 32.3 Å². The normalized spacial score (nSPS) is 14.7. The third-order valence-corrected chi connectivity index (χ3v) is 7.56. The van der Waals surface area contributed by atoms with E-state index in [0.29, 0.717) is 18.1 Å². The Morgan fingerprint density at radius 1 is 1.16 bits per heavy atom. The van der Waals surface area contributed by atoms with Crippen LogP contribution in [0, 0.1) is 6.92 Å². The lowest BCUT2D eigenvalue weighted by Gasteiger charge is -2.27. The fourth-order valence-electron chi connectivity index (χ4n) is 3.05. The van der Waals surface area contributed by atoms with Gasteiger partial charge < -0.3 is 14.8 Å². The summed E-state index contributed by atoms with van der Waals surface area (Å²) in [7, 11) is -3.84. The standard InChI is InChI=1S/C21H24N2O7S2/c1-15-4-5-16(19(13-15)32(27,28)23-8-10-29-11-9-23)22-20(25)14-30-21(26)7-6-17(24)18-3-2-12-31-18/h2-5,12-13H,6-11,14H2,1H3,(H,22,25). The molecule has 172 valence electrons. The predicted molar refractivity (Wildman–Crippen MR) is 118 cm³/mol. The molecule has 0 bridgehead atoms. The highest BCUT2D eigenvalue weighted by atomic mass is 32.2. The summed E-state index contributed by atoms with van der Waals surface area (Å²) in [6.07, 6.45) is -0.161. The van der Waals surface area contributed by atoms with Crippen LogP contribution in [-0.2, 0) is 29.1 Å². The van der Waals surface area contributed by atoms with Crippen molar-refractivity contribution in [3.8, 4) is 0 Å². The number of benzene rings is 1. The summed E-state index contributed by atoms with van der Waals surface area (Å²) in [4.78, 5) is 36.7. The number of carbonyl (C=O) groups excluding carboxylic acids is 3. The first-order valence-corrected chi connectivity index (χ1v) is 12.3. The van der Waals surface area contributed by atoms with Gasteiger partial charge in [0, 0.05) is 19.5 Å². The Morgan fingerprint density at radius 3 is 2.59 bits per heavy atom. The molecule has 1 aromatic heterocycles. The summed E-state index contributed by atoms with van der Waals surface area (Å²) < 4.78 is 37.6. The molecule has 0 radical (unpaired) electrons. The zero-order chi connectivity index (χ0) is 23.1. The van der Waals surface area contributed by atoms with Gasteiger partial charge in [0.15, 0.2) is 12.4 Å². The van der Waals surface area contributed by atoms with E-state index in [0.717, 1.165) is 5.56 Å². The molecule has 11 heteroatoms. The summed E-state index contributed by atoms with van der Waals surface area (Å²) in [5, 5.41) is 4.28. The highest BCUT2D eigenvalue weighted by Gasteiger charge is 2.29. The quantitative estimate of drug-likeness (QED) is 0.432. The first-order valence-electron chi connectivity index (χ1n) is 9.98. The van der Waals surface area contributed by atoms with Crippen molar-refractivity contribution in [1.82, 2.24) is 4.31 Å². The minimum absolute atomic E-state index is 0.0130. The largest absolute Gasteiger partial charge is 0.456 e. The average molecular weight is 481 g/mol. The minimum atomic E-state index is -3.84.